The molecule has 3 heterocycles. The lowest BCUT2D eigenvalue weighted by atomic mass is 10.0. The maximum atomic E-state index is 12.4. The standard InChI is InChI=1S/C12H13N3O2.C4H13N3.C3H5NO/c16-9-7-8(13-1-2-13)12(17)11(15-5-6-15)10(9)14-3-4-14;5-1-3-7-4-2-6;1-2-3(4)5/h7H,1-6H2;7H,1-6H2;2H,1H2,(H2,4,5). The molecule has 0 unspecified atom stereocenters. The van der Waals surface area contributed by atoms with Crippen molar-refractivity contribution >= 4 is 17.5 Å². The number of amides is 1. The molecule has 4 rings (SSSR count). The van der Waals surface area contributed by atoms with Crippen LogP contribution in [0.5, 0.6) is 0 Å². The monoisotopic (exact) mass is 405 g/mol. The van der Waals surface area contributed by atoms with Crippen molar-refractivity contribution in [1.82, 2.24) is 20.0 Å². The van der Waals surface area contributed by atoms with Crippen LogP contribution in [0.2, 0.25) is 0 Å². The van der Waals surface area contributed by atoms with E-state index in [1.807, 2.05) is 14.7 Å². The summed E-state index contributed by atoms with van der Waals surface area (Å²) >= 11 is 0. The van der Waals surface area contributed by atoms with Crippen LogP contribution in [-0.4, -0.2) is 97.6 Å². The fourth-order valence-corrected chi connectivity index (χ4v) is 2.60. The number of rotatable bonds is 8. The highest BCUT2D eigenvalue weighted by Crippen LogP contribution is 2.33. The molecule has 160 valence electrons. The number of nitrogens with one attached hydrogen (secondary N) is 1. The summed E-state index contributed by atoms with van der Waals surface area (Å²) in [6, 6.07) is 0. The van der Waals surface area contributed by atoms with Gasteiger partial charge < -0.3 is 37.2 Å². The molecule has 3 fully saturated rings. The van der Waals surface area contributed by atoms with Gasteiger partial charge in [-0.2, -0.15) is 0 Å². The molecule has 0 spiro atoms. The first kappa shape index (κ1) is 22.6. The van der Waals surface area contributed by atoms with E-state index in [0.717, 1.165) is 58.4 Å². The summed E-state index contributed by atoms with van der Waals surface area (Å²) in [6.07, 6.45) is 2.58. The lowest BCUT2D eigenvalue weighted by molar-refractivity contribution is -0.117. The largest absolute Gasteiger partial charge is 0.366 e. The summed E-state index contributed by atoms with van der Waals surface area (Å²) in [5, 5.41) is 3.03. The summed E-state index contributed by atoms with van der Waals surface area (Å²) in [6.45, 7) is 11.6. The zero-order chi connectivity index (χ0) is 21.4. The van der Waals surface area contributed by atoms with Crippen molar-refractivity contribution < 1.29 is 14.4 Å². The Hall–Kier alpha value is -2.69. The first-order valence-corrected chi connectivity index (χ1v) is 9.77. The smallest absolute Gasteiger partial charge is 0.240 e. The lowest BCUT2D eigenvalue weighted by Crippen LogP contribution is -2.29. The zero-order valence-electron chi connectivity index (χ0n) is 16.7. The Morgan fingerprint density at radius 2 is 1.41 bits per heavy atom. The fourth-order valence-electron chi connectivity index (χ4n) is 2.60. The van der Waals surface area contributed by atoms with Gasteiger partial charge in [0.05, 0.1) is 5.70 Å². The molecule has 0 radical (unpaired) electrons. The van der Waals surface area contributed by atoms with E-state index in [1.54, 1.807) is 0 Å². The number of nitrogens with two attached hydrogens (primary N) is 3. The third-order valence-corrected chi connectivity index (χ3v) is 4.33. The fraction of sp³-hybridized carbons (Fsp3) is 0.526. The Balaban J connectivity index is 0.000000211. The van der Waals surface area contributed by atoms with E-state index in [0.29, 0.717) is 30.2 Å². The van der Waals surface area contributed by atoms with Gasteiger partial charge in [0.15, 0.2) is 0 Å². The summed E-state index contributed by atoms with van der Waals surface area (Å²) in [4.78, 5) is 39.9. The SMILES string of the molecule is C=CC(N)=O.NCCNCCN.O=C1C=C(N2CC2)C(=O)C(N2CC2)=C1N1CC1. The Kier molecular flexibility index (Phi) is 8.37. The highest BCUT2D eigenvalue weighted by molar-refractivity contribution is 6.22. The van der Waals surface area contributed by atoms with Gasteiger partial charge in [0.25, 0.3) is 0 Å². The van der Waals surface area contributed by atoms with Gasteiger partial charge in [-0.3, -0.25) is 14.4 Å². The molecule has 0 aromatic rings. The van der Waals surface area contributed by atoms with E-state index >= 15 is 0 Å². The van der Waals surface area contributed by atoms with Gasteiger partial charge in [-0.15, -0.1) is 0 Å². The predicted octanol–water partition coefficient (Wildman–Crippen LogP) is -2.67. The maximum absolute atomic E-state index is 12.4. The van der Waals surface area contributed by atoms with Crippen LogP contribution in [-0.2, 0) is 14.4 Å². The number of carbonyl (C=O) groups is 3. The van der Waals surface area contributed by atoms with Gasteiger partial charge in [-0.05, 0) is 6.08 Å². The average Bonchev–Trinajstić information content (AvgIpc) is 3.56. The lowest BCUT2D eigenvalue weighted by Gasteiger charge is -2.21. The molecule has 4 aliphatic rings. The Bertz CT molecular complexity index is 701. The molecule has 0 aromatic heterocycles. The molecule has 1 aliphatic carbocycles. The molecular weight excluding hydrogens is 374 g/mol. The van der Waals surface area contributed by atoms with E-state index in [-0.39, 0.29) is 11.6 Å². The maximum Gasteiger partial charge on any atom is 0.240 e. The highest BCUT2D eigenvalue weighted by atomic mass is 16.1. The van der Waals surface area contributed by atoms with E-state index < -0.39 is 5.91 Å². The van der Waals surface area contributed by atoms with Gasteiger partial charge in [0, 0.05) is 71.5 Å². The number of nitrogens with zero attached hydrogens (tertiary/aromatic N) is 3. The predicted molar refractivity (Wildman–Crippen MR) is 110 cm³/mol. The summed E-state index contributed by atoms with van der Waals surface area (Å²) in [7, 11) is 0. The molecule has 0 bridgehead atoms. The van der Waals surface area contributed by atoms with Gasteiger partial charge in [0.1, 0.15) is 11.4 Å². The van der Waals surface area contributed by atoms with Gasteiger partial charge >= 0.3 is 0 Å². The zero-order valence-corrected chi connectivity index (χ0v) is 16.7. The Morgan fingerprint density at radius 3 is 1.79 bits per heavy atom. The normalized spacial score (nSPS) is 19.0. The molecule has 7 N–H and O–H groups in total. The highest BCUT2D eigenvalue weighted by Gasteiger charge is 2.43. The summed E-state index contributed by atoms with van der Waals surface area (Å²) in [5.41, 5.74) is 16.8. The average molecular weight is 406 g/mol. The molecule has 1 amide bonds. The summed E-state index contributed by atoms with van der Waals surface area (Å²) in [5.74, 6) is -0.433. The van der Waals surface area contributed by atoms with Crippen LogP contribution in [0.25, 0.3) is 0 Å². The molecule has 0 atom stereocenters. The molecule has 10 nitrogen and oxygen atoms in total. The van der Waals surface area contributed by atoms with Gasteiger partial charge in [0.2, 0.25) is 17.5 Å². The molecule has 0 aromatic carbocycles. The minimum Gasteiger partial charge on any atom is -0.366 e. The van der Waals surface area contributed by atoms with Crippen LogP contribution in [0.3, 0.4) is 0 Å². The molecule has 10 heteroatoms. The van der Waals surface area contributed by atoms with Crippen molar-refractivity contribution in [2.45, 2.75) is 0 Å². The molecule has 3 saturated heterocycles. The number of hydrogen-bond donors (Lipinski definition) is 4. The van der Waals surface area contributed by atoms with E-state index in [4.69, 9.17) is 11.5 Å². The van der Waals surface area contributed by atoms with Crippen molar-refractivity contribution in [1.29, 1.82) is 0 Å². The quantitative estimate of drug-likeness (QED) is 0.147. The van der Waals surface area contributed by atoms with Crippen LogP contribution in [0, 0.1) is 0 Å². The van der Waals surface area contributed by atoms with E-state index in [9.17, 15) is 14.4 Å². The molecule has 29 heavy (non-hydrogen) atoms. The second-order valence-electron chi connectivity index (χ2n) is 6.82. The number of ketones is 2. The summed E-state index contributed by atoms with van der Waals surface area (Å²) < 4.78 is 0. The van der Waals surface area contributed by atoms with E-state index in [1.165, 1.54) is 6.08 Å². The van der Waals surface area contributed by atoms with Crippen LogP contribution >= 0.6 is 0 Å². The van der Waals surface area contributed by atoms with Crippen LogP contribution in [0.4, 0.5) is 0 Å². The topological polar surface area (TPSA) is 150 Å². The number of allylic oxidation sites excluding steroid dienone is 1. The molecular formula is C19H31N7O3. The second kappa shape index (κ2) is 10.7. The van der Waals surface area contributed by atoms with Crippen LogP contribution in [0.1, 0.15) is 0 Å². The molecule has 0 saturated carbocycles. The minimum atomic E-state index is -0.481. The third-order valence-electron chi connectivity index (χ3n) is 4.33. The third kappa shape index (κ3) is 7.00. The number of hydrogen-bond acceptors (Lipinski definition) is 9. The van der Waals surface area contributed by atoms with Crippen molar-refractivity contribution in [2.24, 2.45) is 17.2 Å². The van der Waals surface area contributed by atoms with E-state index in [2.05, 4.69) is 17.6 Å². The number of primary amides is 1. The van der Waals surface area contributed by atoms with Crippen molar-refractivity contribution in [3.05, 3.63) is 35.8 Å². The van der Waals surface area contributed by atoms with Crippen molar-refractivity contribution in [3.63, 3.8) is 0 Å². The molecule has 3 aliphatic heterocycles. The van der Waals surface area contributed by atoms with Gasteiger partial charge in [-0.25, -0.2) is 0 Å². The second-order valence-corrected chi connectivity index (χ2v) is 6.82. The Morgan fingerprint density at radius 1 is 0.966 bits per heavy atom. The first-order valence-electron chi connectivity index (χ1n) is 9.77. The first-order chi connectivity index (χ1) is 13.9. The minimum absolute atomic E-state index is 0.00546. The van der Waals surface area contributed by atoms with Crippen LogP contribution in [0.15, 0.2) is 35.8 Å². The number of carbonyl (C=O) groups excluding carboxylic acids is 3. The van der Waals surface area contributed by atoms with Crippen molar-refractivity contribution in [3.8, 4) is 0 Å². The Labute approximate surface area is 171 Å². The number of Topliss-reactive ketones (excluding diaryl/α,β-unsaturated/α-hetero) is 1. The van der Waals surface area contributed by atoms with Crippen LogP contribution < -0.4 is 22.5 Å². The van der Waals surface area contributed by atoms with Crippen molar-refractivity contribution in [2.75, 3.05) is 65.4 Å². The van der Waals surface area contributed by atoms with Gasteiger partial charge in [-0.1, -0.05) is 6.58 Å².